The molecule has 2 N–H and O–H groups in total. The van der Waals surface area contributed by atoms with E-state index in [1.807, 2.05) is 0 Å². The van der Waals surface area contributed by atoms with Crippen LogP contribution in [0.2, 0.25) is 0 Å². The van der Waals surface area contributed by atoms with Crippen LogP contribution in [0.4, 0.5) is 0 Å². The van der Waals surface area contributed by atoms with E-state index in [0.29, 0.717) is 6.54 Å². The number of piperazine rings is 1. The quantitative estimate of drug-likeness (QED) is 0.527. The highest BCUT2D eigenvalue weighted by molar-refractivity contribution is 14.1. The van der Waals surface area contributed by atoms with Crippen molar-refractivity contribution in [3.05, 3.63) is 0 Å². The Morgan fingerprint density at radius 2 is 2.05 bits per heavy atom. The lowest BCUT2D eigenvalue weighted by Gasteiger charge is -2.37. The van der Waals surface area contributed by atoms with Crippen molar-refractivity contribution in [2.75, 3.05) is 39.3 Å². The summed E-state index contributed by atoms with van der Waals surface area (Å²) in [5.41, 5.74) is 0. The predicted octanol–water partition coefficient (Wildman–Crippen LogP) is 0.961. The molecule has 1 aliphatic heterocycles. The molecule has 0 spiro atoms. The van der Waals surface area contributed by atoms with E-state index in [1.165, 1.54) is 0 Å². The molecule has 1 saturated carbocycles. The fourth-order valence-corrected chi connectivity index (χ4v) is 4.66. The Hall–Kier alpha value is -0.210. The summed E-state index contributed by atoms with van der Waals surface area (Å²) in [5.74, 6) is 0.0885. The van der Waals surface area contributed by atoms with Gasteiger partial charge in [0.1, 0.15) is 9.20 Å². The Kier molecular flexibility index (Phi) is 6.43. The maximum absolute atomic E-state index is 12.6. The van der Waals surface area contributed by atoms with Gasteiger partial charge < -0.3 is 10.6 Å². The van der Waals surface area contributed by atoms with E-state index in [9.17, 15) is 9.59 Å². The summed E-state index contributed by atoms with van der Waals surface area (Å²) in [4.78, 5) is 26.8. The van der Waals surface area contributed by atoms with Gasteiger partial charge in [-0.3, -0.25) is 14.5 Å². The van der Waals surface area contributed by atoms with Gasteiger partial charge in [-0.15, -0.1) is 0 Å². The van der Waals surface area contributed by atoms with E-state index in [-0.39, 0.29) is 17.6 Å². The molecule has 1 heterocycles. The lowest BCUT2D eigenvalue weighted by molar-refractivity contribution is -0.131. The van der Waals surface area contributed by atoms with Crippen LogP contribution in [0, 0.1) is 5.92 Å². The van der Waals surface area contributed by atoms with Crippen LogP contribution in [-0.4, -0.2) is 59.3 Å². The van der Waals surface area contributed by atoms with Crippen molar-refractivity contribution in [3.63, 3.8) is 0 Å². The number of ketones is 1. The van der Waals surface area contributed by atoms with E-state index < -0.39 is 3.42 Å². The standard InChI is InChI=1S/C15H26IN3O2/c1-12(20)13-4-2-3-5-15(13,16)14(21)18-8-11-19-9-6-17-7-10-19/h13,17H,2-11H2,1H3,(H,18,21)/t13-,15-/m1/s1. The number of alkyl halides is 1. The normalized spacial score (nSPS) is 30.9. The lowest BCUT2D eigenvalue weighted by Crippen LogP contribution is -2.53. The van der Waals surface area contributed by atoms with Gasteiger partial charge in [0, 0.05) is 45.2 Å². The van der Waals surface area contributed by atoms with Crippen molar-refractivity contribution in [1.82, 2.24) is 15.5 Å². The largest absolute Gasteiger partial charge is 0.354 e. The third-order valence-corrected chi connectivity index (χ3v) is 6.41. The van der Waals surface area contributed by atoms with Crippen LogP contribution in [-0.2, 0) is 9.59 Å². The summed E-state index contributed by atoms with van der Waals surface area (Å²) in [6, 6.07) is 0. The molecule has 21 heavy (non-hydrogen) atoms. The van der Waals surface area contributed by atoms with Gasteiger partial charge >= 0.3 is 0 Å². The van der Waals surface area contributed by atoms with E-state index in [1.54, 1.807) is 6.92 Å². The van der Waals surface area contributed by atoms with Crippen molar-refractivity contribution in [3.8, 4) is 0 Å². The average Bonchev–Trinajstić information content (AvgIpc) is 2.48. The van der Waals surface area contributed by atoms with Crippen molar-refractivity contribution in [1.29, 1.82) is 0 Å². The van der Waals surface area contributed by atoms with Crippen LogP contribution in [0.15, 0.2) is 0 Å². The molecule has 2 atom stereocenters. The molecule has 0 bridgehead atoms. The molecule has 0 aromatic carbocycles. The SMILES string of the molecule is CC(=O)[C@H]1CCCC[C@]1(I)C(=O)NCCN1CCNCC1. The minimum atomic E-state index is -0.536. The highest BCUT2D eigenvalue weighted by atomic mass is 127. The second-order valence-electron chi connectivity index (χ2n) is 6.12. The predicted molar refractivity (Wildman–Crippen MR) is 91.7 cm³/mol. The van der Waals surface area contributed by atoms with Gasteiger partial charge in [0.15, 0.2) is 0 Å². The van der Waals surface area contributed by atoms with Crippen LogP contribution >= 0.6 is 22.6 Å². The van der Waals surface area contributed by atoms with Crippen LogP contribution in [0.25, 0.3) is 0 Å². The molecule has 2 aliphatic rings. The van der Waals surface area contributed by atoms with Gasteiger partial charge in [0.25, 0.3) is 0 Å². The summed E-state index contributed by atoms with van der Waals surface area (Å²) >= 11 is 2.23. The van der Waals surface area contributed by atoms with Crippen molar-refractivity contribution in [2.45, 2.75) is 36.0 Å². The van der Waals surface area contributed by atoms with Crippen LogP contribution < -0.4 is 10.6 Å². The minimum absolute atomic E-state index is 0.0538. The van der Waals surface area contributed by atoms with E-state index in [2.05, 4.69) is 38.1 Å². The number of amides is 1. The number of rotatable bonds is 5. The first-order valence-electron chi connectivity index (χ1n) is 7.95. The van der Waals surface area contributed by atoms with E-state index >= 15 is 0 Å². The molecule has 1 aliphatic carbocycles. The van der Waals surface area contributed by atoms with Crippen LogP contribution in [0.1, 0.15) is 32.6 Å². The number of hydrogen-bond donors (Lipinski definition) is 2. The minimum Gasteiger partial charge on any atom is -0.354 e. The molecular weight excluding hydrogens is 381 g/mol. The maximum Gasteiger partial charge on any atom is 0.236 e. The monoisotopic (exact) mass is 407 g/mol. The number of nitrogens with zero attached hydrogens (tertiary/aromatic N) is 1. The van der Waals surface area contributed by atoms with Gasteiger partial charge in [0.2, 0.25) is 5.91 Å². The number of halogens is 1. The van der Waals surface area contributed by atoms with Crippen molar-refractivity contribution < 1.29 is 9.59 Å². The first kappa shape index (κ1) is 17.1. The van der Waals surface area contributed by atoms with E-state index in [4.69, 9.17) is 0 Å². The smallest absolute Gasteiger partial charge is 0.236 e. The number of hydrogen-bond acceptors (Lipinski definition) is 4. The molecule has 0 aromatic heterocycles. The molecule has 5 nitrogen and oxygen atoms in total. The van der Waals surface area contributed by atoms with Crippen LogP contribution in [0.5, 0.6) is 0 Å². The summed E-state index contributed by atoms with van der Waals surface area (Å²) in [6.07, 6.45) is 3.77. The molecule has 6 heteroatoms. The molecular formula is C15H26IN3O2. The van der Waals surface area contributed by atoms with E-state index in [0.717, 1.165) is 58.4 Å². The fourth-order valence-electron chi connectivity index (χ4n) is 3.34. The molecule has 1 saturated heterocycles. The molecule has 2 fully saturated rings. The Morgan fingerprint density at radius 1 is 1.33 bits per heavy atom. The zero-order valence-corrected chi connectivity index (χ0v) is 14.9. The topological polar surface area (TPSA) is 61.4 Å². The van der Waals surface area contributed by atoms with Gasteiger partial charge in [0.05, 0.1) is 0 Å². The second kappa shape index (κ2) is 7.87. The summed E-state index contributed by atoms with van der Waals surface area (Å²) in [6.45, 7) is 7.33. The Bertz CT molecular complexity index is 385. The first-order valence-corrected chi connectivity index (χ1v) is 9.02. The van der Waals surface area contributed by atoms with Crippen LogP contribution in [0.3, 0.4) is 0 Å². The average molecular weight is 407 g/mol. The molecule has 2 rings (SSSR count). The Labute approximate surface area is 140 Å². The highest BCUT2D eigenvalue weighted by Crippen LogP contribution is 2.41. The van der Waals surface area contributed by atoms with Crippen molar-refractivity contribution in [2.24, 2.45) is 5.92 Å². The van der Waals surface area contributed by atoms with Gasteiger partial charge in [-0.2, -0.15) is 0 Å². The number of carbonyl (C=O) groups excluding carboxylic acids is 2. The molecule has 1 amide bonds. The van der Waals surface area contributed by atoms with Gasteiger partial charge in [-0.25, -0.2) is 0 Å². The lowest BCUT2D eigenvalue weighted by atomic mass is 9.76. The molecule has 0 unspecified atom stereocenters. The Morgan fingerprint density at radius 3 is 2.71 bits per heavy atom. The number of nitrogens with one attached hydrogen (secondary N) is 2. The van der Waals surface area contributed by atoms with Gasteiger partial charge in [-0.05, 0) is 19.8 Å². The summed E-state index contributed by atoms with van der Waals surface area (Å²) in [7, 11) is 0. The number of carbonyl (C=O) groups is 2. The third kappa shape index (κ3) is 4.39. The highest BCUT2D eigenvalue weighted by Gasteiger charge is 2.46. The summed E-state index contributed by atoms with van der Waals surface area (Å²) < 4.78 is -0.536. The maximum atomic E-state index is 12.6. The zero-order valence-electron chi connectivity index (χ0n) is 12.8. The third-order valence-electron chi connectivity index (χ3n) is 4.63. The molecule has 0 aromatic rings. The summed E-state index contributed by atoms with van der Waals surface area (Å²) in [5, 5.41) is 6.39. The number of Topliss-reactive ketones (excluding diaryl/α,β-unsaturated/α-hetero) is 1. The second-order valence-corrected chi connectivity index (χ2v) is 8.04. The zero-order chi connectivity index (χ0) is 15.3. The molecule has 120 valence electrons. The Balaban J connectivity index is 1.83. The first-order chi connectivity index (χ1) is 10.0. The van der Waals surface area contributed by atoms with Gasteiger partial charge in [-0.1, -0.05) is 35.4 Å². The molecule has 0 radical (unpaired) electrons. The van der Waals surface area contributed by atoms with Crippen molar-refractivity contribution >= 4 is 34.3 Å². The fraction of sp³-hybridized carbons (Fsp3) is 0.867.